The number of morpholine rings is 1. The summed E-state index contributed by atoms with van der Waals surface area (Å²) in [6, 6.07) is 7.55. The predicted molar refractivity (Wildman–Crippen MR) is 109 cm³/mol. The van der Waals surface area contributed by atoms with Gasteiger partial charge in [0, 0.05) is 42.7 Å². The number of halogens is 1. The van der Waals surface area contributed by atoms with Crippen molar-refractivity contribution in [1.82, 2.24) is 20.0 Å². The largest absolute Gasteiger partial charge is 0.419 e. The molecule has 1 amide bonds. The summed E-state index contributed by atoms with van der Waals surface area (Å²) in [5, 5.41) is 9.00. The highest BCUT2D eigenvalue weighted by molar-refractivity contribution is 6.30. The predicted octanol–water partition coefficient (Wildman–Crippen LogP) is 3.38. The number of hydrogen-bond donors (Lipinski definition) is 0. The maximum absolute atomic E-state index is 13.1. The molecule has 29 heavy (non-hydrogen) atoms. The molecule has 2 aromatic rings. The summed E-state index contributed by atoms with van der Waals surface area (Å²) < 4.78 is 11.2. The summed E-state index contributed by atoms with van der Waals surface area (Å²) in [6.45, 7) is 4.42. The first-order chi connectivity index (χ1) is 14.2. The third kappa shape index (κ3) is 5.35. The van der Waals surface area contributed by atoms with Gasteiger partial charge in [-0.2, -0.15) is 0 Å². The molecule has 0 radical (unpaired) electrons. The Morgan fingerprint density at radius 1 is 1.14 bits per heavy atom. The van der Waals surface area contributed by atoms with Crippen LogP contribution in [0.5, 0.6) is 0 Å². The number of amides is 1. The van der Waals surface area contributed by atoms with Crippen LogP contribution in [0.15, 0.2) is 28.7 Å². The zero-order chi connectivity index (χ0) is 20.1. The maximum Gasteiger partial charge on any atom is 0.247 e. The number of rotatable bonds is 7. The standard InChI is InChI=1S/C21H27ClN4O3/c22-17-7-5-16(6-8-17)21-24-23-19(29-21)15-26(18-3-1-2-4-18)20(27)9-10-25-11-13-28-14-12-25/h5-8,18H,1-4,9-15H2. The van der Waals surface area contributed by atoms with Gasteiger partial charge < -0.3 is 14.1 Å². The van der Waals surface area contributed by atoms with Crippen molar-refractivity contribution >= 4 is 17.5 Å². The molecular weight excluding hydrogens is 392 g/mol. The Morgan fingerprint density at radius 3 is 2.59 bits per heavy atom. The second-order valence-corrected chi connectivity index (χ2v) is 8.11. The van der Waals surface area contributed by atoms with Crippen LogP contribution in [0.1, 0.15) is 38.0 Å². The summed E-state index contributed by atoms with van der Waals surface area (Å²) >= 11 is 5.95. The van der Waals surface area contributed by atoms with Crippen molar-refractivity contribution in [1.29, 1.82) is 0 Å². The van der Waals surface area contributed by atoms with Crippen molar-refractivity contribution in [3.8, 4) is 11.5 Å². The molecule has 1 aliphatic heterocycles. The van der Waals surface area contributed by atoms with Crippen LogP contribution >= 0.6 is 11.6 Å². The van der Waals surface area contributed by atoms with Crippen molar-refractivity contribution in [2.24, 2.45) is 0 Å². The number of benzene rings is 1. The highest BCUT2D eigenvalue weighted by Crippen LogP contribution is 2.27. The molecule has 1 aromatic heterocycles. The van der Waals surface area contributed by atoms with Crippen molar-refractivity contribution in [2.75, 3.05) is 32.8 Å². The smallest absolute Gasteiger partial charge is 0.247 e. The van der Waals surface area contributed by atoms with Gasteiger partial charge in [0.25, 0.3) is 0 Å². The summed E-state index contributed by atoms with van der Waals surface area (Å²) in [4.78, 5) is 17.3. The Kier molecular flexibility index (Phi) is 6.79. The zero-order valence-corrected chi connectivity index (χ0v) is 17.3. The van der Waals surface area contributed by atoms with E-state index in [1.54, 1.807) is 12.1 Å². The number of ether oxygens (including phenoxy) is 1. The number of aromatic nitrogens is 2. The first-order valence-electron chi connectivity index (χ1n) is 10.4. The Balaban J connectivity index is 1.41. The van der Waals surface area contributed by atoms with E-state index in [9.17, 15) is 4.79 Å². The molecule has 7 nitrogen and oxygen atoms in total. The third-order valence-corrected chi connectivity index (χ3v) is 5.95. The van der Waals surface area contributed by atoms with Gasteiger partial charge in [-0.1, -0.05) is 24.4 Å². The van der Waals surface area contributed by atoms with E-state index in [2.05, 4.69) is 15.1 Å². The van der Waals surface area contributed by atoms with Crippen LogP contribution in [-0.2, 0) is 16.1 Å². The van der Waals surface area contributed by atoms with Crippen LogP contribution in [0.25, 0.3) is 11.5 Å². The van der Waals surface area contributed by atoms with Gasteiger partial charge in [0.05, 0.1) is 19.8 Å². The number of carbonyl (C=O) groups excluding carboxylic acids is 1. The van der Waals surface area contributed by atoms with E-state index in [0.717, 1.165) is 64.1 Å². The van der Waals surface area contributed by atoms with Crippen LogP contribution in [0.3, 0.4) is 0 Å². The normalized spacial score (nSPS) is 18.2. The fourth-order valence-electron chi connectivity index (χ4n) is 4.03. The third-order valence-electron chi connectivity index (χ3n) is 5.70. The molecule has 0 atom stereocenters. The van der Waals surface area contributed by atoms with E-state index < -0.39 is 0 Å². The molecule has 1 saturated carbocycles. The number of carbonyl (C=O) groups is 1. The molecule has 2 aliphatic rings. The molecule has 4 rings (SSSR count). The lowest BCUT2D eigenvalue weighted by Crippen LogP contribution is -2.42. The van der Waals surface area contributed by atoms with E-state index in [-0.39, 0.29) is 11.9 Å². The van der Waals surface area contributed by atoms with Crippen molar-refractivity contribution in [2.45, 2.75) is 44.7 Å². The first-order valence-corrected chi connectivity index (χ1v) is 10.7. The lowest BCUT2D eigenvalue weighted by Gasteiger charge is -2.30. The maximum atomic E-state index is 13.1. The average Bonchev–Trinajstić information content (AvgIpc) is 3.44. The van der Waals surface area contributed by atoms with Crippen LogP contribution in [-0.4, -0.2) is 64.8 Å². The fraction of sp³-hybridized carbons (Fsp3) is 0.571. The van der Waals surface area contributed by atoms with Crippen LogP contribution < -0.4 is 0 Å². The molecule has 156 valence electrons. The fourth-order valence-corrected chi connectivity index (χ4v) is 4.16. The van der Waals surface area contributed by atoms with Gasteiger partial charge in [0.1, 0.15) is 0 Å². The van der Waals surface area contributed by atoms with E-state index in [4.69, 9.17) is 20.8 Å². The highest BCUT2D eigenvalue weighted by Gasteiger charge is 2.28. The lowest BCUT2D eigenvalue weighted by atomic mass is 10.2. The van der Waals surface area contributed by atoms with Crippen molar-refractivity contribution in [3.05, 3.63) is 35.2 Å². The molecule has 0 unspecified atom stereocenters. The summed E-state index contributed by atoms with van der Waals surface area (Å²) in [7, 11) is 0. The van der Waals surface area contributed by atoms with Gasteiger partial charge in [-0.25, -0.2) is 0 Å². The molecule has 8 heteroatoms. The minimum Gasteiger partial charge on any atom is -0.419 e. The monoisotopic (exact) mass is 418 g/mol. The Hall–Kier alpha value is -1.96. The topological polar surface area (TPSA) is 71.7 Å². The second kappa shape index (κ2) is 9.69. The minimum atomic E-state index is 0.162. The molecule has 0 spiro atoms. The van der Waals surface area contributed by atoms with E-state index in [1.807, 2.05) is 17.0 Å². The molecule has 2 fully saturated rings. The average molecular weight is 419 g/mol. The molecule has 0 bridgehead atoms. The van der Waals surface area contributed by atoms with Gasteiger partial charge in [0.2, 0.25) is 17.7 Å². The quantitative estimate of drug-likeness (QED) is 0.686. The molecule has 1 aromatic carbocycles. The van der Waals surface area contributed by atoms with Gasteiger partial charge in [-0.15, -0.1) is 10.2 Å². The molecule has 2 heterocycles. The van der Waals surface area contributed by atoms with Crippen LogP contribution in [0.2, 0.25) is 5.02 Å². The van der Waals surface area contributed by atoms with Gasteiger partial charge >= 0.3 is 0 Å². The molecule has 0 N–H and O–H groups in total. The summed E-state index contributed by atoms with van der Waals surface area (Å²) in [5.41, 5.74) is 0.819. The molecule has 1 aliphatic carbocycles. The van der Waals surface area contributed by atoms with Crippen molar-refractivity contribution in [3.63, 3.8) is 0 Å². The molecular formula is C21H27ClN4O3. The van der Waals surface area contributed by atoms with Gasteiger partial charge in [0.15, 0.2) is 0 Å². The SMILES string of the molecule is O=C(CCN1CCOCC1)N(Cc1nnc(-c2ccc(Cl)cc2)o1)C1CCCC1. The highest BCUT2D eigenvalue weighted by atomic mass is 35.5. The van der Waals surface area contributed by atoms with Crippen molar-refractivity contribution < 1.29 is 13.9 Å². The van der Waals surface area contributed by atoms with Gasteiger partial charge in [-0.05, 0) is 37.1 Å². The number of hydrogen-bond acceptors (Lipinski definition) is 6. The number of nitrogens with zero attached hydrogens (tertiary/aromatic N) is 4. The first kappa shape index (κ1) is 20.3. The van der Waals surface area contributed by atoms with E-state index in [1.165, 1.54) is 0 Å². The van der Waals surface area contributed by atoms with Crippen LogP contribution in [0.4, 0.5) is 0 Å². The van der Waals surface area contributed by atoms with E-state index >= 15 is 0 Å². The summed E-state index contributed by atoms with van der Waals surface area (Å²) in [6.07, 6.45) is 4.92. The van der Waals surface area contributed by atoms with E-state index in [0.29, 0.717) is 29.8 Å². The Labute approximate surface area is 176 Å². The zero-order valence-electron chi connectivity index (χ0n) is 16.6. The summed E-state index contributed by atoms with van der Waals surface area (Å²) in [5.74, 6) is 1.08. The Morgan fingerprint density at radius 2 is 1.86 bits per heavy atom. The Bertz CT molecular complexity index is 799. The second-order valence-electron chi connectivity index (χ2n) is 7.67. The molecule has 1 saturated heterocycles. The minimum absolute atomic E-state index is 0.162. The van der Waals surface area contributed by atoms with Crippen LogP contribution in [0, 0.1) is 0 Å². The van der Waals surface area contributed by atoms with Gasteiger partial charge in [-0.3, -0.25) is 9.69 Å². The lowest BCUT2D eigenvalue weighted by molar-refractivity contribution is -0.135.